The summed E-state index contributed by atoms with van der Waals surface area (Å²) < 4.78 is 5.07. The highest BCUT2D eigenvalue weighted by molar-refractivity contribution is 6.31. The summed E-state index contributed by atoms with van der Waals surface area (Å²) in [5.74, 6) is -0.840. The number of esters is 1. The molecular formula is C18H13Cl2N3O3. The number of ether oxygens (including phenoxy) is 1. The Hall–Kier alpha value is -2.70. The van der Waals surface area contributed by atoms with Gasteiger partial charge in [0.25, 0.3) is 5.91 Å². The summed E-state index contributed by atoms with van der Waals surface area (Å²) in [6.45, 7) is 1.25. The molecule has 0 fully saturated rings. The van der Waals surface area contributed by atoms with Gasteiger partial charge in [-0.25, -0.2) is 9.78 Å². The Kier molecular flexibility index (Phi) is 5.35. The lowest BCUT2D eigenvalue weighted by Gasteiger charge is -2.09. The summed E-state index contributed by atoms with van der Waals surface area (Å²) in [7, 11) is 0. The normalized spacial score (nSPS) is 10.6. The van der Waals surface area contributed by atoms with Crippen LogP contribution >= 0.6 is 23.2 Å². The molecule has 3 aromatic rings. The van der Waals surface area contributed by atoms with E-state index in [-0.39, 0.29) is 5.56 Å². The zero-order valence-electron chi connectivity index (χ0n) is 13.6. The molecule has 132 valence electrons. The minimum Gasteiger partial charge on any atom is -0.452 e. The molecule has 0 spiro atoms. The predicted molar refractivity (Wildman–Crippen MR) is 99.6 cm³/mol. The van der Waals surface area contributed by atoms with E-state index in [9.17, 15) is 9.59 Å². The van der Waals surface area contributed by atoms with Crippen molar-refractivity contribution in [2.24, 2.45) is 0 Å². The van der Waals surface area contributed by atoms with Crippen molar-refractivity contribution < 1.29 is 14.3 Å². The molecule has 1 aromatic carbocycles. The third-order valence-electron chi connectivity index (χ3n) is 3.52. The van der Waals surface area contributed by atoms with Gasteiger partial charge < -0.3 is 10.1 Å². The molecule has 2 heterocycles. The van der Waals surface area contributed by atoms with Crippen LogP contribution in [-0.2, 0) is 9.53 Å². The lowest BCUT2D eigenvalue weighted by Crippen LogP contribution is -2.21. The highest BCUT2D eigenvalue weighted by atomic mass is 35.5. The van der Waals surface area contributed by atoms with Crippen molar-refractivity contribution in [2.45, 2.75) is 6.92 Å². The van der Waals surface area contributed by atoms with Crippen molar-refractivity contribution in [1.82, 2.24) is 9.97 Å². The van der Waals surface area contributed by atoms with Gasteiger partial charge in [-0.3, -0.25) is 9.78 Å². The van der Waals surface area contributed by atoms with E-state index in [4.69, 9.17) is 27.9 Å². The van der Waals surface area contributed by atoms with Gasteiger partial charge in [-0.05, 0) is 43.3 Å². The molecule has 0 bridgehead atoms. The van der Waals surface area contributed by atoms with E-state index in [0.29, 0.717) is 26.9 Å². The highest BCUT2D eigenvalue weighted by Gasteiger charge is 2.15. The van der Waals surface area contributed by atoms with Crippen LogP contribution in [-0.4, -0.2) is 28.5 Å². The molecule has 0 atom stereocenters. The van der Waals surface area contributed by atoms with Crippen LogP contribution in [0.4, 0.5) is 5.82 Å². The summed E-state index contributed by atoms with van der Waals surface area (Å²) in [6.07, 6.45) is 1.40. The number of aromatic nitrogens is 2. The van der Waals surface area contributed by atoms with E-state index in [0.717, 1.165) is 5.52 Å². The number of carbonyl (C=O) groups excluding carboxylic acids is 2. The van der Waals surface area contributed by atoms with E-state index in [1.807, 2.05) is 0 Å². The lowest BCUT2D eigenvalue weighted by molar-refractivity contribution is -0.119. The Balaban J connectivity index is 1.67. The number of carbonyl (C=O) groups is 2. The predicted octanol–water partition coefficient (Wildman–Crippen LogP) is 4.04. The van der Waals surface area contributed by atoms with E-state index in [1.54, 1.807) is 43.3 Å². The summed E-state index contributed by atoms with van der Waals surface area (Å²) in [5, 5.41) is 4.21. The van der Waals surface area contributed by atoms with E-state index >= 15 is 0 Å². The highest BCUT2D eigenvalue weighted by Crippen LogP contribution is 2.21. The van der Waals surface area contributed by atoms with E-state index in [2.05, 4.69) is 15.3 Å². The summed E-state index contributed by atoms with van der Waals surface area (Å²) in [4.78, 5) is 32.5. The number of nitrogens with one attached hydrogen (secondary N) is 1. The number of nitrogens with zero attached hydrogens (tertiary/aromatic N) is 2. The Labute approximate surface area is 159 Å². The second-order valence-electron chi connectivity index (χ2n) is 5.44. The number of amides is 1. The fourth-order valence-electron chi connectivity index (χ4n) is 2.29. The zero-order chi connectivity index (χ0) is 18.7. The van der Waals surface area contributed by atoms with Gasteiger partial charge in [-0.2, -0.15) is 0 Å². The molecule has 0 aliphatic carbocycles. The number of halogens is 2. The van der Waals surface area contributed by atoms with Crippen molar-refractivity contribution >= 4 is 51.8 Å². The molecule has 0 unspecified atom stereocenters. The van der Waals surface area contributed by atoms with Crippen LogP contribution in [0.5, 0.6) is 0 Å². The fourth-order valence-corrected chi connectivity index (χ4v) is 2.58. The van der Waals surface area contributed by atoms with Gasteiger partial charge >= 0.3 is 5.97 Å². The Morgan fingerprint density at radius 3 is 2.62 bits per heavy atom. The summed E-state index contributed by atoms with van der Waals surface area (Å²) >= 11 is 11.7. The molecule has 8 heteroatoms. The van der Waals surface area contributed by atoms with Crippen LogP contribution in [0.3, 0.4) is 0 Å². The third-order valence-corrected chi connectivity index (χ3v) is 3.98. The van der Waals surface area contributed by atoms with Crippen LogP contribution < -0.4 is 5.32 Å². The molecule has 6 nitrogen and oxygen atoms in total. The molecule has 0 saturated heterocycles. The molecule has 2 aromatic heterocycles. The lowest BCUT2D eigenvalue weighted by atomic mass is 10.1. The Morgan fingerprint density at radius 2 is 1.88 bits per heavy atom. The molecule has 3 rings (SSSR count). The first-order valence-corrected chi connectivity index (χ1v) is 8.33. The first-order valence-electron chi connectivity index (χ1n) is 7.58. The minimum atomic E-state index is -0.643. The van der Waals surface area contributed by atoms with Gasteiger partial charge in [-0.15, -0.1) is 0 Å². The second kappa shape index (κ2) is 7.68. The van der Waals surface area contributed by atoms with E-state index < -0.39 is 18.5 Å². The van der Waals surface area contributed by atoms with Crippen LogP contribution in [0.15, 0.2) is 42.6 Å². The third kappa shape index (κ3) is 4.28. The number of hydrogen-bond donors (Lipinski definition) is 1. The molecule has 1 amide bonds. The molecule has 1 N–H and O–H groups in total. The number of pyridine rings is 2. The number of anilines is 1. The largest absolute Gasteiger partial charge is 0.452 e. The van der Waals surface area contributed by atoms with E-state index in [1.165, 1.54) is 6.20 Å². The fraction of sp³-hybridized carbons (Fsp3) is 0.111. The molecule has 0 aliphatic heterocycles. The first kappa shape index (κ1) is 18.1. The monoisotopic (exact) mass is 389 g/mol. The van der Waals surface area contributed by atoms with Gasteiger partial charge in [0, 0.05) is 16.6 Å². The van der Waals surface area contributed by atoms with Crippen molar-refractivity contribution in [3.05, 3.63) is 63.9 Å². The maximum absolute atomic E-state index is 12.3. The average molecular weight is 390 g/mol. The Bertz CT molecular complexity index is 991. The number of benzene rings is 1. The summed E-state index contributed by atoms with van der Waals surface area (Å²) in [6, 6.07) is 9.98. The first-order chi connectivity index (χ1) is 12.4. The van der Waals surface area contributed by atoms with Crippen LogP contribution in [0.1, 0.15) is 16.1 Å². The van der Waals surface area contributed by atoms with Crippen LogP contribution in [0, 0.1) is 6.92 Å². The Morgan fingerprint density at radius 1 is 1.12 bits per heavy atom. The molecule has 0 radical (unpaired) electrons. The van der Waals surface area contributed by atoms with Crippen molar-refractivity contribution in [2.75, 3.05) is 11.9 Å². The van der Waals surface area contributed by atoms with Gasteiger partial charge in [0.1, 0.15) is 5.82 Å². The molecule has 0 saturated carbocycles. The maximum Gasteiger partial charge on any atom is 0.340 e. The smallest absolute Gasteiger partial charge is 0.340 e. The molecular weight excluding hydrogens is 377 g/mol. The van der Waals surface area contributed by atoms with Gasteiger partial charge in [0.15, 0.2) is 6.61 Å². The quantitative estimate of drug-likeness (QED) is 0.680. The van der Waals surface area contributed by atoms with Crippen LogP contribution in [0.25, 0.3) is 10.9 Å². The number of rotatable bonds is 4. The van der Waals surface area contributed by atoms with Gasteiger partial charge in [-0.1, -0.05) is 23.2 Å². The van der Waals surface area contributed by atoms with Gasteiger partial charge in [0.05, 0.1) is 21.8 Å². The van der Waals surface area contributed by atoms with Crippen molar-refractivity contribution in [3.8, 4) is 0 Å². The molecule has 26 heavy (non-hydrogen) atoms. The van der Waals surface area contributed by atoms with Gasteiger partial charge in [0.2, 0.25) is 0 Å². The van der Waals surface area contributed by atoms with Crippen molar-refractivity contribution in [3.63, 3.8) is 0 Å². The number of aryl methyl sites for hydroxylation is 1. The summed E-state index contributed by atoms with van der Waals surface area (Å²) in [5.41, 5.74) is 1.50. The standard InChI is InChI=1S/C18H13Cl2N3O3/c1-10-14(7-11-6-12(19)2-4-15(11)22-10)18(25)26-9-17(24)23-16-5-3-13(20)8-21-16/h2-8H,9H2,1H3,(H,21,23,24). The zero-order valence-corrected chi connectivity index (χ0v) is 15.1. The molecule has 0 aliphatic rings. The number of hydrogen-bond acceptors (Lipinski definition) is 5. The number of fused-ring (bicyclic) bond motifs is 1. The SMILES string of the molecule is Cc1nc2ccc(Cl)cc2cc1C(=O)OCC(=O)Nc1ccc(Cl)cn1. The maximum atomic E-state index is 12.3. The topological polar surface area (TPSA) is 81.2 Å². The van der Waals surface area contributed by atoms with Crippen molar-refractivity contribution in [1.29, 1.82) is 0 Å². The average Bonchev–Trinajstić information content (AvgIpc) is 2.61. The van der Waals surface area contributed by atoms with Crippen LogP contribution in [0.2, 0.25) is 10.0 Å². The minimum absolute atomic E-state index is 0.275. The second-order valence-corrected chi connectivity index (χ2v) is 6.32.